The van der Waals surface area contributed by atoms with Crippen molar-refractivity contribution in [2.24, 2.45) is 0 Å². The molecule has 0 fully saturated rings. The van der Waals surface area contributed by atoms with E-state index in [1.807, 2.05) is 0 Å². The van der Waals surface area contributed by atoms with E-state index in [0.717, 1.165) is 12.1 Å². The Morgan fingerprint density at radius 3 is 1.32 bits per heavy atom. The van der Waals surface area contributed by atoms with Crippen LogP contribution in [0.3, 0.4) is 0 Å². The summed E-state index contributed by atoms with van der Waals surface area (Å²) >= 11 is 0. The van der Waals surface area contributed by atoms with Crippen molar-refractivity contribution < 1.29 is 72.4 Å². The van der Waals surface area contributed by atoms with Crippen molar-refractivity contribution in [3.8, 4) is 23.0 Å². The van der Waals surface area contributed by atoms with Gasteiger partial charge in [0.05, 0.1) is 19.6 Å². The maximum Gasteiger partial charge on any atom is 0.501 e. The number of alkyl halides is 6. The lowest BCUT2D eigenvalue weighted by atomic mass is 10.1. The van der Waals surface area contributed by atoms with Gasteiger partial charge in [-0.3, -0.25) is 20.2 Å². The van der Waals surface area contributed by atoms with Crippen molar-refractivity contribution in [1.82, 2.24) is 0 Å². The maximum atomic E-state index is 12.9. The Morgan fingerprint density at radius 1 is 0.705 bits per heavy atom. The fourth-order valence-corrected chi connectivity index (χ4v) is 4.95. The van der Waals surface area contributed by atoms with Gasteiger partial charge in [0.2, 0.25) is 11.5 Å². The lowest BCUT2D eigenvalue weighted by Gasteiger charge is -2.16. The van der Waals surface area contributed by atoms with Gasteiger partial charge < -0.3 is 14.6 Å². The lowest BCUT2D eigenvalue weighted by molar-refractivity contribution is -0.385. The summed E-state index contributed by atoms with van der Waals surface area (Å²) in [6.45, 7) is 1.26. The van der Waals surface area contributed by atoms with Crippen molar-refractivity contribution in [3.63, 3.8) is 0 Å². The van der Waals surface area contributed by atoms with Crippen LogP contribution in [0.25, 0.3) is 0 Å². The van der Waals surface area contributed by atoms with Crippen molar-refractivity contribution in [3.05, 3.63) is 79.9 Å². The van der Waals surface area contributed by atoms with Crippen molar-refractivity contribution in [2.75, 3.05) is 0 Å². The van der Waals surface area contributed by atoms with Gasteiger partial charge in [0.25, 0.3) is 19.7 Å². The van der Waals surface area contributed by atoms with Crippen LogP contribution in [0, 0.1) is 27.2 Å². The number of hydrogen-bond donors (Lipinski definition) is 1. The first-order valence-electron chi connectivity index (χ1n) is 10.9. The van der Waals surface area contributed by atoms with E-state index < -0.39 is 96.2 Å². The van der Waals surface area contributed by atoms with Crippen molar-refractivity contribution in [2.45, 2.75) is 27.7 Å². The summed E-state index contributed by atoms with van der Waals surface area (Å²) in [6, 6.07) is 3.29. The molecule has 0 amide bonds. The molecule has 14 nitrogen and oxygen atoms in total. The third kappa shape index (κ3) is 6.34. The van der Waals surface area contributed by atoms with E-state index in [-0.39, 0.29) is 17.7 Å². The van der Waals surface area contributed by atoms with Crippen molar-refractivity contribution in [1.29, 1.82) is 0 Å². The Bertz CT molecular complexity index is 1800. The molecule has 1 N–H and O–H groups in total. The molecule has 0 aromatic heterocycles. The number of carbonyl (C=O) groups is 1. The molecule has 0 aliphatic heterocycles. The third-order valence-corrected chi connectivity index (χ3v) is 8.32. The van der Waals surface area contributed by atoms with Crippen LogP contribution in [0.4, 0.5) is 37.7 Å². The second kappa shape index (κ2) is 11.3. The van der Waals surface area contributed by atoms with Gasteiger partial charge in [0.15, 0.2) is 0 Å². The van der Waals surface area contributed by atoms with Gasteiger partial charge in [0.1, 0.15) is 17.1 Å². The number of benzene rings is 3. The van der Waals surface area contributed by atoms with Crippen LogP contribution < -0.4 is 9.47 Å². The number of nitro groups is 2. The van der Waals surface area contributed by atoms with E-state index in [1.165, 1.54) is 6.92 Å². The number of rotatable bonds is 9. The minimum atomic E-state index is -6.05. The molecule has 0 saturated carbocycles. The smallest absolute Gasteiger partial charge is 0.477 e. The minimum absolute atomic E-state index is 0.00567. The number of nitrogens with zero attached hydrogens (tertiary/aromatic N) is 2. The zero-order chi connectivity index (χ0) is 33.6. The molecule has 236 valence electrons. The summed E-state index contributed by atoms with van der Waals surface area (Å²) in [6.07, 6.45) is 0. The molecule has 3 aromatic rings. The number of hydrogen-bond acceptors (Lipinski definition) is 11. The van der Waals surface area contributed by atoms with E-state index in [9.17, 15) is 73.3 Å². The highest BCUT2D eigenvalue weighted by Gasteiger charge is 2.48. The third-order valence-electron chi connectivity index (χ3n) is 5.35. The second-order valence-electron chi connectivity index (χ2n) is 8.32. The molecule has 3 rings (SSSR count). The highest BCUT2D eigenvalue weighted by Crippen LogP contribution is 2.43. The standard InChI is InChI=1S/C22H12F6N2O12S2/c1-10-6-17(41-15-4-2-11(8-13(15)29(33)34)43(37,38)21(23,24)25)19(20(31)32)18(7-10)42-16-5-3-12(9-14(16)30(35)36)44(39,40)22(26,27)28/h2-9H,1H3,(H,31,32). The number of nitro benzene ring substituents is 2. The molecule has 0 spiro atoms. The van der Waals surface area contributed by atoms with Gasteiger partial charge >= 0.3 is 28.4 Å². The van der Waals surface area contributed by atoms with E-state index in [0.29, 0.717) is 24.3 Å². The van der Waals surface area contributed by atoms with Crippen molar-refractivity contribution >= 4 is 37.0 Å². The van der Waals surface area contributed by atoms with Gasteiger partial charge in [0, 0.05) is 12.1 Å². The molecule has 0 bridgehead atoms. The molecule has 0 aliphatic carbocycles. The Balaban J connectivity index is 2.17. The zero-order valence-electron chi connectivity index (χ0n) is 21.0. The highest BCUT2D eigenvalue weighted by molar-refractivity contribution is 7.92. The Morgan fingerprint density at radius 2 is 1.05 bits per heavy atom. The van der Waals surface area contributed by atoms with Crippen LogP contribution in [0.1, 0.15) is 15.9 Å². The molecule has 0 unspecified atom stereocenters. The predicted molar refractivity (Wildman–Crippen MR) is 131 cm³/mol. The molecule has 3 aromatic carbocycles. The molecular weight excluding hydrogens is 662 g/mol. The van der Waals surface area contributed by atoms with E-state index >= 15 is 0 Å². The molecule has 0 atom stereocenters. The maximum absolute atomic E-state index is 12.9. The zero-order valence-corrected chi connectivity index (χ0v) is 22.7. The van der Waals surface area contributed by atoms with E-state index in [2.05, 4.69) is 0 Å². The first-order valence-corrected chi connectivity index (χ1v) is 13.9. The predicted octanol–water partition coefficient (Wildman–Crippen LogP) is 5.68. The quantitative estimate of drug-likeness (QED) is 0.165. The fraction of sp³-hybridized carbons (Fsp3) is 0.136. The lowest BCUT2D eigenvalue weighted by Crippen LogP contribution is -2.23. The number of aryl methyl sites for hydroxylation is 1. The normalized spacial score (nSPS) is 12.4. The van der Waals surface area contributed by atoms with Crippen LogP contribution in [0.5, 0.6) is 23.0 Å². The van der Waals surface area contributed by atoms with Crippen LogP contribution >= 0.6 is 0 Å². The largest absolute Gasteiger partial charge is 0.501 e. The Hall–Kier alpha value is -4.99. The molecule has 22 heteroatoms. The first kappa shape index (κ1) is 33.5. The Kier molecular flexibility index (Phi) is 8.57. The van der Waals surface area contributed by atoms with E-state index in [1.54, 1.807) is 0 Å². The molecule has 0 radical (unpaired) electrons. The molecule has 44 heavy (non-hydrogen) atoms. The molecule has 0 heterocycles. The summed E-state index contributed by atoms with van der Waals surface area (Å²) in [4.78, 5) is 29.4. The first-order chi connectivity index (χ1) is 20.0. The average Bonchev–Trinajstić information content (AvgIpc) is 2.86. The topological polar surface area (TPSA) is 210 Å². The minimum Gasteiger partial charge on any atom is -0.477 e. The summed E-state index contributed by atoms with van der Waals surface area (Å²) in [5.41, 5.74) is -15.4. The molecular formula is C22H12F6N2O12S2. The molecule has 0 aliphatic rings. The van der Waals surface area contributed by atoms with Crippen LogP contribution in [-0.4, -0.2) is 48.8 Å². The average molecular weight is 674 g/mol. The summed E-state index contributed by atoms with van der Waals surface area (Å²) in [5.74, 6) is -5.47. The van der Waals surface area contributed by atoms with Gasteiger partial charge in [-0.25, -0.2) is 21.6 Å². The van der Waals surface area contributed by atoms with Crippen LogP contribution in [-0.2, 0) is 19.7 Å². The number of halogens is 6. The Labute approximate surface area is 240 Å². The number of ether oxygens (including phenoxy) is 2. The summed E-state index contributed by atoms with van der Waals surface area (Å²) < 4.78 is 135. The van der Waals surface area contributed by atoms with Crippen LogP contribution in [0.2, 0.25) is 0 Å². The van der Waals surface area contributed by atoms with E-state index in [4.69, 9.17) is 9.47 Å². The number of carboxylic acid groups (broad SMARTS) is 1. The summed E-state index contributed by atoms with van der Waals surface area (Å²) in [7, 11) is -12.1. The second-order valence-corrected chi connectivity index (χ2v) is 12.2. The fourth-order valence-electron chi connectivity index (χ4n) is 3.38. The monoisotopic (exact) mass is 674 g/mol. The van der Waals surface area contributed by atoms with Crippen LogP contribution in [0.15, 0.2) is 58.3 Å². The highest BCUT2D eigenvalue weighted by atomic mass is 32.2. The summed E-state index contributed by atoms with van der Waals surface area (Å²) in [5, 5.41) is 32.8. The number of carboxylic acids is 1. The molecule has 0 saturated heterocycles. The van der Waals surface area contributed by atoms with Gasteiger partial charge in [-0.1, -0.05) is 0 Å². The van der Waals surface area contributed by atoms with Gasteiger partial charge in [-0.15, -0.1) is 0 Å². The number of sulfone groups is 2. The number of aromatic carboxylic acids is 1. The van der Waals surface area contributed by atoms with Gasteiger partial charge in [-0.05, 0) is 48.9 Å². The van der Waals surface area contributed by atoms with Gasteiger partial charge in [-0.2, -0.15) is 26.3 Å². The SMILES string of the molecule is Cc1cc(Oc2ccc(S(=O)(=O)C(F)(F)F)cc2[N+](=O)[O-])c(C(=O)O)c(Oc2ccc(S(=O)(=O)C(F)(F)F)cc2[N+](=O)[O-])c1.